The molecule has 1 heterocycles. The molecule has 2 rings (SSSR count). The molecule has 20 heavy (non-hydrogen) atoms. The van der Waals surface area contributed by atoms with Gasteiger partial charge in [-0.2, -0.15) is 0 Å². The van der Waals surface area contributed by atoms with Crippen LogP contribution < -0.4 is 5.73 Å². The summed E-state index contributed by atoms with van der Waals surface area (Å²) >= 11 is 0. The topological polar surface area (TPSA) is 56.0 Å². The summed E-state index contributed by atoms with van der Waals surface area (Å²) in [4.78, 5) is 16.2. The third-order valence-corrected chi connectivity index (χ3v) is 3.29. The van der Waals surface area contributed by atoms with E-state index in [0.29, 0.717) is 18.4 Å². The van der Waals surface area contributed by atoms with E-state index < -0.39 is 5.92 Å². The third-order valence-electron chi connectivity index (χ3n) is 3.29. The molecule has 4 heteroatoms. The van der Waals surface area contributed by atoms with Crippen LogP contribution in [0.5, 0.6) is 0 Å². The number of hydrogen-bond acceptors (Lipinski definition) is 3. The maximum absolute atomic E-state index is 13.7. The molecule has 2 aromatic rings. The first-order valence-corrected chi connectivity index (χ1v) is 6.58. The number of ketones is 1. The average Bonchev–Trinajstić information content (AvgIpc) is 2.49. The fourth-order valence-electron chi connectivity index (χ4n) is 2.18. The van der Waals surface area contributed by atoms with E-state index in [4.69, 9.17) is 5.73 Å². The SMILES string of the molecule is NC[C@H](C(=O)CCc1cccnc1)c1ccccc1F. The third kappa shape index (κ3) is 3.48. The predicted molar refractivity (Wildman–Crippen MR) is 75.8 cm³/mol. The summed E-state index contributed by atoms with van der Waals surface area (Å²) < 4.78 is 13.7. The molecule has 0 saturated heterocycles. The minimum atomic E-state index is -0.576. The van der Waals surface area contributed by atoms with Gasteiger partial charge in [-0.3, -0.25) is 9.78 Å². The Bertz CT molecular complexity index is 572. The summed E-state index contributed by atoms with van der Waals surface area (Å²) in [6.45, 7) is 0.118. The Morgan fingerprint density at radius 1 is 1.25 bits per heavy atom. The van der Waals surface area contributed by atoms with Crippen LogP contribution in [0.25, 0.3) is 0 Å². The molecule has 0 unspecified atom stereocenters. The molecule has 104 valence electrons. The Labute approximate surface area is 117 Å². The molecule has 1 aromatic carbocycles. The summed E-state index contributed by atoms with van der Waals surface area (Å²) in [5, 5.41) is 0. The van der Waals surface area contributed by atoms with E-state index in [2.05, 4.69) is 4.98 Å². The van der Waals surface area contributed by atoms with Crippen molar-refractivity contribution in [3.8, 4) is 0 Å². The van der Waals surface area contributed by atoms with Gasteiger partial charge in [-0.05, 0) is 29.7 Å². The molecule has 0 saturated carbocycles. The van der Waals surface area contributed by atoms with E-state index in [-0.39, 0.29) is 18.1 Å². The second-order valence-corrected chi connectivity index (χ2v) is 4.64. The highest BCUT2D eigenvalue weighted by Gasteiger charge is 2.21. The van der Waals surface area contributed by atoms with Gasteiger partial charge in [-0.15, -0.1) is 0 Å². The smallest absolute Gasteiger partial charge is 0.142 e. The van der Waals surface area contributed by atoms with Gasteiger partial charge in [0.15, 0.2) is 0 Å². The van der Waals surface area contributed by atoms with Gasteiger partial charge in [0.1, 0.15) is 11.6 Å². The Morgan fingerprint density at radius 2 is 2.05 bits per heavy atom. The van der Waals surface area contributed by atoms with Crippen LogP contribution in [-0.2, 0) is 11.2 Å². The first-order valence-electron chi connectivity index (χ1n) is 6.58. The van der Waals surface area contributed by atoms with E-state index in [0.717, 1.165) is 5.56 Å². The van der Waals surface area contributed by atoms with Crippen molar-refractivity contribution in [1.82, 2.24) is 4.98 Å². The zero-order chi connectivity index (χ0) is 14.4. The Balaban J connectivity index is 2.05. The van der Waals surface area contributed by atoms with Crippen LogP contribution in [0.3, 0.4) is 0 Å². The van der Waals surface area contributed by atoms with Gasteiger partial charge >= 0.3 is 0 Å². The van der Waals surface area contributed by atoms with Gasteiger partial charge in [0, 0.05) is 25.4 Å². The van der Waals surface area contributed by atoms with Gasteiger partial charge in [0.05, 0.1) is 5.92 Å². The number of nitrogens with two attached hydrogens (primary N) is 1. The monoisotopic (exact) mass is 272 g/mol. The van der Waals surface area contributed by atoms with Gasteiger partial charge in [0.2, 0.25) is 0 Å². The Morgan fingerprint density at radius 3 is 2.70 bits per heavy atom. The zero-order valence-corrected chi connectivity index (χ0v) is 11.1. The lowest BCUT2D eigenvalue weighted by molar-refractivity contribution is -0.120. The second-order valence-electron chi connectivity index (χ2n) is 4.64. The molecule has 0 aliphatic heterocycles. The lowest BCUT2D eigenvalue weighted by atomic mass is 9.91. The van der Waals surface area contributed by atoms with Gasteiger partial charge in [-0.25, -0.2) is 4.39 Å². The summed E-state index contributed by atoms with van der Waals surface area (Å²) in [5.74, 6) is -0.994. The van der Waals surface area contributed by atoms with Crippen molar-refractivity contribution in [3.05, 3.63) is 65.7 Å². The molecule has 0 fully saturated rings. The highest BCUT2D eigenvalue weighted by Crippen LogP contribution is 2.21. The molecule has 1 aromatic heterocycles. The highest BCUT2D eigenvalue weighted by atomic mass is 19.1. The Hall–Kier alpha value is -2.07. The summed E-state index contributed by atoms with van der Waals surface area (Å²) in [7, 11) is 0. The van der Waals surface area contributed by atoms with Crippen molar-refractivity contribution < 1.29 is 9.18 Å². The predicted octanol–water partition coefficient (Wildman–Crippen LogP) is 2.46. The van der Waals surface area contributed by atoms with Crippen molar-refractivity contribution in [2.24, 2.45) is 5.73 Å². The van der Waals surface area contributed by atoms with Gasteiger partial charge in [0.25, 0.3) is 0 Å². The number of hydrogen-bond donors (Lipinski definition) is 1. The van der Waals surface area contributed by atoms with Crippen LogP contribution in [-0.4, -0.2) is 17.3 Å². The quantitative estimate of drug-likeness (QED) is 0.878. The van der Waals surface area contributed by atoms with Crippen LogP contribution in [0.15, 0.2) is 48.8 Å². The minimum Gasteiger partial charge on any atom is -0.329 e. The fourth-order valence-corrected chi connectivity index (χ4v) is 2.18. The van der Waals surface area contributed by atoms with E-state index >= 15 is 0 Å². The van der Waals surface area contributed by atoms with Crippen molar-refractivity contribution in [2.45, 2.75) is 18.8 Å². The number of carbonyl (C=O) groups is 1. The number of halogens is 1. The maximum atomic E-state index is 13.7. The van der Waals surface area contributed by atoms with Crippen molar-refractivity contribution in [3.63, 3.8) is 0 Å². The molecule has 0 aliphatic rings. The number of aromatic nitrogens is 1. The number of rotatable bonds is 6. The molecule has 0 amide bonds. The van der Waals surface area contributed by atoms with Gasteiger partial charge < -0.3 is 5.73 Å². The van der Waals surface area contributed by atoms with Crippen LogP contribution in [0.1, 0.15) is 23.5 Å². The minimum absolute atomic E-state index is 0.0403. The molecular formula is C16H17FN2O. The van der Waals surface area contributed by atoms with Crippen LogP contribution in [0, 0.1) is 5.82 Å². The molecule has 1 atom stereocenters. The molecule has 2 N–H and O–H groups in total. The van der Waals surface area contributed by atoms with Crippen molar-refractivity contribution >= 4 is 5.78 Å². The number of benzene rings is 1. The fraction of sp³-hybridized carbons (Fsp3) is 0.250. The zero-order valence-electron chi connectivity index (χ0n) is 11.1. The number of Topliss-reactive ketones (excluding diaryl/α,β-unsaturated/α-hetero) is 1. The second kappa shape index (κ2) is 6.91. The summed E-state index contributed by atoms with van der Waals surface area (Å²) in [5.41, 5.74) is 7.02. The first-order chi connectivity index (χ1) is 9.72. The standard InChI is InChI=1S/C16H17FN2O/c17-15-6-2-1-5-13(15)14(10-18)16(20)8-7-12-4-3-9-19-11-12/h1-6,9,11,14H,7-8,10,18H2/t14-/m0/s1. The molecule has 0 bridgehead atoms. The molecule has 0 spiro atoms. The van der Waals surface area contributed by atoms with E-state index in [9.17, 15) is 9.18 Å². The largest absolute Gasteiger partial charge is 0.329 e. The van der Waals surface area contributed by atoms with E-state index in [1.165, 1.54) is 6.07 Å². The number of carbonyl (C=O) groups excluding carboxylic acids is 1. The summed E-state index contributed by atoms with van der Waals surface area (Å²) in [6.07, 6.45) is 4.35. The first kappa shape index (κ1) is 14.3. The maximum Gasteiger partial charge on any atom is 0.142 e. The number of aryl methyl sites for hydroxylation is 1. The summed E-state index contributed by atoms with van der Waals surface area (Å²) in [6, 6.07) is 10.0. The molecule has 3 nitrogen and oxygen atoms in total. The average molecular weight is 272 g/mol. The molecular weight excluding hydrogens is 255 g/mol. The number of nitrogens with zero attached hydrogens (tertiary/aromatic N) is 1. The number of pyridine rings is 1. The highest BCUT2D eigenvalue weighted by molar-refractivity contribution is 5.86. The van der Waals surface area contributed by atoms with E-state index in [1.54, 1.807) is 30.6 Å². The van der Waals surface area contributed by atoms with Crippen LogP contribution in [0.2, 0.25) is 0 Å². The lowest BCUT2D eigenvalue weighted by Gasteiger charge is -2.14. The van der Waals surface area contributed by atoms with Crippen LogP contribution >= 0.6 is 0 Å². The van der Waals surface area contributed by atoms with Crippen molar-refractivity contribution in [1.29, 1.82) is 0 Å². The lowest BCUT2D eigenvalue weighted by Crippen LogP contribution is -2.23. The van der Waals surface area contributed by atoms with Crippen LogP contribution in [0.4, 0.5) is 4.39 Å². The molecule has 0 radical (unpaired) electrons. The van der Waals surface area contributed by atoms with Crippen molar-refractivity contribution in [2.75, 3.05) is 6.54 Å². The van der Waals surface area contributed by atoms with Gasteiger partial charge in [-0.1, -0.05) is 24.3 Å². The normalized spacial score (nSPS) is 12.1. The molecule has 0 aliphatic carbocycles. The Kier molecular flexibility index (Phi) is 4.96. The van der Waals surface area contributed by atoms with E-state index in [1.807, 2.05) is 12.1 Å².